The van der Waals surface area contributed by atoms with Gasteiger partial charge in [0.05, 0.1) is 11.3 Å². The molecule has 0 amide bonds. The summed E-state index contributed by atoms with van der Waals surface area (Å²) in [6, 6.07) is 0. The Bertz CT molecular complexity index is 270. The Kier molecular flexibility index (Phi) is 4.97. The molecule has 0 spiro atoms. The molecule has 0 aliphatic rings. The van der Waals surface area contributed by atoms with Crippen LogP contribution < -0.4 is 0 Å². The predicted molar refractivity (Wildman–Crippen MR) is 61.2 cm³/mol. The molecular formula is C12H22O4. The second-order valence-corrected chi connectivity index (χ2v) is 4.91. The summed E-state index contributed by atoms with van der Waals surface area (Å²) in [5.41, 5.74) is -1.18. The van der Waals surface area contributed by atoms with Gasteiger partial charge in [-0.15, -0.1) is 0 Å². The van der Waals surface area contributed by atoms with Gasteiger partial charge >= 0.3 is 11.9 Å². The smallest absolute Gasteiger partial charge is 0.310 e. The molecule has 2 unspecified atom stereocenters. The van der Waals surface area contributed by atoms with E-state index in [-0.39, 0.29) is 11.8 Å². The van der Waals surface area contributed by atoms with Crippen LogP contribution in [0.5, 0.6) is 0 Å². The molecule has 4 heteroatoms. The van der Waals surface area contributed by atoms with Crippen molar-refractivity contribution < 1.29 is 19.8 Å². The molecular weight excluding hydrogens is 208 g/mol. The fourth-order valence-electron chi connectivity index (χ4n) is 2.62. The second-order valence-electron chi connectivity index (χ2n) is 4.91. The van der Waals surface area contributed by atoms with Crippen LogP contribution in [0, 0.1) is 23.2 Å². The molecule has 4 nitrogen and oxygen atoms in total. The molecule has 16 heavy (non-hydrogen) atoms. The highest BCUT2D eigenvalue weighted by Gasteiger charge is 2.51. The third-order valence-corrected chi connectivity index (χ3v) is 3.50. The van der Waals surface area contributed by atoms with E-state index in [4.69, 9.17) is 0 Å². The van der Waals surface area contributed by atoms with Crippen LogP contribution in [0.15, 0.2) is 0 Å². The van der Waals surface area contributed by atoms with Crippen molar-refractivity contribution in [3.63, 3.8) is 0 Å². The van der Waals surface area contributed by atoms with E-state index in [1.807, 2.05) is 0 Å². The third kappa shape index (κ3) is 2.36. The fraction of sp³-hybridized carbons (Fsp3) is 0.833. The maximum atomic E-state index is 11.5. The Labute approximate surface area is 96.7 Å². The van der Waals surface area contributed by atoms with Gasteiger partial charge in [-0.1, -0.05) is 34.6 Å². The lowest BCUT2D eigenvalue weighted by Gasteiger charge is -2.39. The highest BCUT2D eigenvalue weighted by atomic mass is 16.4. The van der Waals surface area contributed by atoms with E-state index < -0.39 is 23.3 Å². The lowest BCUT2D eigenvalue weighted by atomic mass is 9.62. The van der Waals surface area contributed by atoms with E-state index >= 15 is 0 Å². The standard InChI is InChI=1S/C12H22O4/c1-6-12(8(4)5,11(15)16)9(7(2)3)10(13)14/h7-9H,6H2,1-5H3,(H,13,14)(H,15,16). The molecule has 0 aromatic heterocycles. The van der Waals surface area contributed by atoms with Gasteiger partial charge in [0, 0.05) is 0 Å². The van der Waals surface area contributed by atoms with E-state index in [0.717, 1.165) is 0 Å². The van der Waals surface area contributed by atoms with Crippen molar-refractivity contribution in [3.8, 4) is 0 Å². The third-order valence-electron chi connectivity index (χ3n) is 3.50. The van der Waals surface area contributed by atoms with Crippen LogP contribution in [0.1, 0.15) is 41.0 Å². The number of hydrogen-bond donors (Lipinski definition) is 2. The summed E-state index contributed by atoms with van der Waals surface area (Å²) in [4.78, 5) is 22.8. The molecule has 0 bridgehead atoms. The van der Waals surface area contributed by atoms with Gasteiger partial charge in [-0.2, -0.15) is 0 Å². The van der Waals surface area contributed by atoms with Crippen molar-refractivity contribution in [2.24, 2.45) is 23.2 Å². The summed E-state index contributed by atoms with van der Waals surface area (Å²) in [6.07, 6.45) is 0.329. The van der Waals surface area contributed by atoms with Gasteiger partial charge in [0.25, 0.3) is 0 Å². The molecule has 0 rings (SSSR count). The minimum Gasteiger partial charge on any atom is -0.481 e. The predicted octanol–water partition coefficient (Wildman–Crippen LogP) is 2.48. The Balaban J connectivity index is 5.61. The maximum Gasteiger partial charge on any atom is 0.310 e. The van der Waals surface area contributed by atoms with Crippen molar-refractivity contribution in [1.29, 1.82) is 0 Å². The first kappa shape index (κ1) is 14.9. The number of carbonyl (C=O) groups is 2. The van der Waals surface area contributed by atoms with Crippen LogP contribution in [-0.2, 0) is 9.59 Å². The Morgan fingerprint density at radius 2 is 1.56 bits per heavy atom. The largest absolute Gasteiger partial charge is 0.481 e. The quantitative estimate of drug-likeness (QED) is 0.735. The molecule has 94 valence electrons. The molecule has 2 atom stereocenters. The summed E-state index contributed by atoms with van der Waals surface area (Å²) in [5.74, 6) is -3.29. The van der Waals surface area contributed by atoms with Crippen molar-refractivity contribution >= 4 is 11.9 Å². The van der Waals surface area contributed by atoms with E-state index in [0.29, 0.717) is 6.42 Å². The first-order chi connectivity index (χ1) is 7.21. The van der Waals surface area contributed by atoms with Gasteiger partial charge in [-0.25, -0.2) is 0 Å². The van der Waals surface area contributed by atoms with Gasteiger partial charge in [-0.3, -0.25) is 9.59 Å². The summed E-state index contributed by atoms with van der Waals surface area (Å²) < 4.78 is 0. The van der Waals surface area contributed by atoms with Crippen LogP contribution in [0.25, 0.3) is 0 Å². The van der Waals surface area contributed by atoms with Crippen LogP contribution in [0.3, 0.4) is 0 Å². The molecule has 0 saturated carbocycles. The minimum absolute atomic E-state index is 0.198. The van der Waals surface area contributed by atoms with Gasteiger partial charge in [-0.05, 0) is 18.3 Å². The first-order valence-corrected chi connectivity index (χ1v) is 5.67. The van der Waals surface area contributed by atoms with E-state index in [9.17, 15) is 19.8 Å². The van der Waals surface area contributed by atoms with Gasteiger partial charge < -0.3 is 10.2 Å². The van der Waals surface area contributed by atoms with Crippen LogP contribution >= 0.6 is 0 Å². The SMILES string of the molecule is CCC(C(=O)O)(C(C)C)C(C(=O)O)C(C)C. The van der Waals surface area contributed by atoms with Crippen molar-refractivity contribution in [3.05, 3.63) is 0 Å². The number of aliphatic carboxylic acids is 2. The van der Waals surface area contributed by atoms with Gasteiger partial charge in [0.2, 0.25) is 0 Å². The van der Waals surface area contributed by atoms with Crippen molar-refractivity contribution in [2.45, 2.75) is 41.0 Å². The van der Waals surface area contributed by atoms with E-state index in [2.05, 4.69) is 0 Å². The highest BCUT2D eigenvalue weighted by molar-refractivity contribution is 5.83. The van der Waals surface area contributed by atoms with E-state index in [1.54, 1.807) is 34.6 Å². The van der Waals surface area contributed by atoms with Gasteiger partial charge in [0.1, 0.15) is 0 Å². The Hall–Kier alpha value is -1.06. The lowest BCUT2D eigenvalue weighted by molar-refractivity contribution is -0.170. The number of carboxylic acid groups (broad SMARTS) is 2. The zero-order chi connectivity index (χ0) is 13.1. The van der Waals surface area contributed by atoms with E-state index in [1.165, 1.54) is 0 Å². The average molecular weight is 230 g/mol. The Morgan fingerprint density at radius 3 is 1.62 bits per heavy atom. The normalized spacial score (nSPS) is 17.2. The molecule has 0 aromatic rings. The molecule has 0 radical (unpaired) electrons. The second kappa shape index (κ2) is 5.32. The zero-order valence-electron chi connectivity index (χ0n) is 10.7. The molecule has 0 heterocycles. The highest BCUT2D eigenvalue weighted by Crippen LogP contribution is 2.43. The summed E-state index contributed by atoms with van der Waals surface area (Å²) in [6.45, 7) is 8.81. The molecule has 0 aromatic carbocycles. The average Bonchev–Trinajstić information content (AvgIpc) is 2.10. The fourth-order valence-corrected chi connectivity index (χ4v) is 2.62. The number of carboxylic acids is 2. The zero-order valence-corrected chi connectivity index (χ0v) is 10.7. The molecule has 0 saturated heterocycles. The van der Waals surface area contributed by atoms with Crippen molar-refractivity contribution in [1.82, 2.24) is 0 Å². The van der Waals surface area contributed by atoms with Crippen molar-refractivity contribution in [2.75, 3.05) is 0 Å². The molecule has 0 aliphatic carbocycles. The molecule has 0 fully saturated rings. The monoisotopic (exact) mass is 230 g/mol. The summed E-state index contributed by atoms with van der Waals surface area (Å²) in [7, 11) is 0. The maximum absolute atomic E-state index is 11.5. The minimum atomic E-state index is -1.18. The lowest BCUT2D eigenvalue weighted by Crippen LogP contribution is -2.48. The Morgan fingerprint density at radius 1 is 1.12 bits per heavy atom. The van der Waals surface area contributed by atoms with Crippen LogP contribution in [-0.4, -0.2) is 22.2 Å². The van der Waals surface area contributed by atoms with Gasteiger partial charge in [0.15, 0.2) is 0 Å². The number of rotatable bonds is 6. The topological polar surface area (TPSA) is 74.6 Å². The van der Waals surface area contributed by atoms with Crippen LogP contribution in [0.2, 0.25) is 0 Å². The van der Waals surface area contributed by atoms with Crippen LogP contribution in [0.4, 0.5) is 0 Å². The summed E-state index contributed by atoms with van der Waals surface area (Å²) >= 11 is 0. The number of hydrogen-bond acceptors (Lipinski definition) is 2. The molecule has 2 N–H and O–H groups in total. The summed E-state index contributed by atoms with van der Waals surface area (Å²) in [5, 5.41) is 18.6. The first-order valence-electron chi connectivity index (χ1n) is 5.67. The molecule has 0 aliphatic heterocycles.